The number of hydrogen-bond donors (Lipinski definition) is 0. The predicted molar refractivity (Wildman–Crippen MR) is 111 cm³/mol. The van der Waals surface area contributed by atoms with Gasteiger partial charge in [-0.1, -0.05) is 42.5 Å². The maximum absolute atomic E-state index is 12.7. The van der Waals surface area contributed by atoms with E-state index in [2.05, 4.69) is 41.3 Å². The van der Waals surface area contributed by atoms with Crippen molar-refractivity contribution in [3.05, 3.63) is 76.9 Å². The van der Waals surface area contributed by atoms with E-state index in [1.54, 1.807) is 20.2 Å². The van der Waals surface area contributed by atoms with Gasteiger partial charge in [0, 0.05) is 26.6 Å². The van der Waals surface area contributed by atoms with Gasteiger partial charge in [-0.2, -0.15) is 0 Å². The molecule has 0 N–H and O–H groups in total. The Balaban J connectivity index is 2.15. The van der Waals surface area contributed by atoms with Gasteiger partial charge in [0.2, 0.25) is 10.0 Å². The fraction of sp³-hybridized carbons (Fsp3) is 0.364. The van der Waals surface area contributed by atoms with Crippen LogP contribution in [0.2, 0.25) is 0 Å². The van der Waals surface area contributed by atoms with E-state index in [4.69, 9.17) is 0 Å². The molecule has 0 fully saturated rings. The highest BCUT2D eigenvalue weighted by Gasteiger charge is 2.25. The van der Waals surface area contributed by atoms with E-state index in [0.29, 0.717) is 4.90 Å². The lowest BCUT2D eigenvalue weighted by atomic mass is 9.88. The smallest absolute Gasteiger partial charge is 0.242 e. The van der Waals surface area contributed by atoms with Crippen molar-refractivity contribution in [1.29, 1.82) is 0 Å². The standard InChI is InChI=1S/C22H28N2O2S/c1-23(2)15-7-10-21-20-9-6-5-8-17(20)11-12-18-13-14-19(16-22(18)21)27(25,26)24(3)4/h5-10,13-14,16,21H,11-12,15H2,1-4H3/b10-7+. The molecule has 0 aliphatic heterocycles. The van der Waals surface area contributed by atoms with Gasteiger partial charge in [-0.25, -0.2) is 12.7 Å². The van der Waals surface area contributed by atoms with Crippen LogP contribution in [0.5, 0.6) is 0 Å². The quantitative estimate of drug-likeness (QED) is 0.743. The van der Waals surface area contributed by atoms with Gasteiger partial charge >= 0.3 is 0 Å². The van der Waals surface area contributed by atoms with Crippen molar-refractivity contribution in [2.24, 2.45) is 0 Å². The van der Waals surface area contributed by atoms with Crippen LogP contribution in [0.25, 0.3) is 0 Å². The number of allylic oxidation sites excluding steroid dienone is 1. The summed E-state index contributed by atoms with van der Waals surface area (Å²) in [6.07, 6.45) is 6.28. The number of rotatable bonds is 5. The monoisotopic (exact) mass is 384 g/mol. The van der Waals surface area contributed by atoms with Crippen molar-refractivity contribution < 1.29 is 8.42 Å². The summed E-state index contributed by atoms with van der Waals surface area (Å²) in [7, 11) is 3.78. The molecule has 27 heavy (non-hydrogen) atoms. The molecule has 2 aromatic carbocycles. The SMILES string of the molecule is CN(C)C/C=C/C1c2ccccc2CCc2ccc(S(=O)(=O)N(C)C)cc21. The Hall–Kier alpha value is -1.95. The molecular formula is C22H28N2O2S. The summed E-state index contributed by atoms with van der Waals surface area (Å²) < 4.78 is 26.6. The number of nitrogens with zero attached hydrogens (tertiary/aromatic N) is 2. The molecule has 144 valence electrons. The van der Waals surface area contributed by atoms with Gasteiger partial charge < -0.3 is 4.90 Å². The van der Waals surface area contributed by atoms with E-state index >= 15 is 0 Å². The van der Waals surface area contributed by atoms with Gasteiger partial charge in [0.25, 0.3) is 0 Å². The molecule has 0 saturated carbocycles. The van der Waals surface area contributed by atoms with E-state index in [-0.39, 0.29) is 5.92 Å². The van der Waals surface area contributed by atoms with Crippen molar-refractivity contribution in [1.82, 2.24) is 9.21 Å². The zero-order valence-electron chi connectivity index (χ0n) is 16.5. The lowest BCUT2D eigenvalue weighted by Crippen LogP contribution is -2.22. The largest absolute Gasteiger partial charge is 0.306 e. The zero-order valence-corrected chi connectivity index (χ0v) is 17.3. The highest BCUT2D eigenvalue weighted by molar-refractivity contribution is 7.89. The highest BCUT2D eigenvalue weighted by Crippen LogP contribution is 2.36. The Morgan fingerprint density at radius 1 is 0.963 bits per heavy atom. The summed E-state index contributed by atoms with van der Waals surface area (Å²) in [6.45, 7) is 0.851. The Labute approximate surface area is 163 Å². The molecule has 5 heteroatoms. The number of fused-ring (bicyclic) bond motifs is 2. The lowest BCUT2D eigenvalue weighted by Gasteiger charge is -2.19. The van der Waals surface area contributed by atoms with Crippen LogP contribution in [0.3, 0.4) is 0 Å². The average Bonchev–Trinajstić information content (AvgIpc) is 2.78. The van der Waals surface area contributed by atoms with Crippen molar-refractivity contribution >= 4 is 10.0 Å². The second-order valence-corrected chi connectivity index (χ2v) is 9.67. The van der Waals surface area contributed by atoms with E-state index < -0.39 is 10.0 Å². The fourth-order valence-electron chi connectivity index (χ4n) is 3.58. The minimum atomic E-state index is -3.46. The van der Waals surface area contributed by atoms with Crippen molar-refractivity contribution in [3.8, 4) is 0 Å². The average molecular weight is 385 g/mol. The third kappa shape index (κ3) is 4.15. The summed E-state index contributed by atoms with van der Waals surface area (Å²) in [5.41, 5.74) is 4.93. The van der Waals surface area contributed by atoms with Gasteiger partial charge in [0.1, 0.15) is 0 Å². The minimum Gasteiger partial charge on any atom is -0.306 e. The second kappa shape index (κ2) is 7.97. The first-order chi connectivity index (χ1) is 12.8. The van der Waals surface area contributed by atoms with Crippen LogP contribution in [-0.2, 0) is 22.9 Å². The molecule has 2 aromatic rings. The summed E-state index contributed by atoms with van der Waals surface area (Å²) in [4.78, 5) is 2.48. The maximum atomic E-state index is 12.7. The van der Waals surface area contributed by atoms with E-state index in [0.717, 1.165) is 24.9 Å². The topological polar surface area (TPSA) is 40.6 Å². The molecule has 1 aliphatic carbocycles. The van der Waals surface area contributed by atoms with Crippen LogP contribution < -0.4 is 0 Å². The fourth-order valence-corrected chi connectivity index (χ4v) is 4.52. The molecular weight excluding hydrogens is 356 g/mol. The van der Waals surface area contributed by atoms with Gasteiger partial charge in [0.15, 0.2) is 0 Å². The lowest BCUT2D eigenvalue weighted by molar-refractivity contribution is 0.456. The van der Waals surface area contributed by atoms with Crippen molar-refractivity contribution in [2.45, 2.75) is 23.7 Å². The van der Waals surface area contributed by atoms with E-state index in [9.17, 15) is 8.42 Å². The van der Waals surface area contributed by atoms with Crippen LogP contribution in [0.4, 0.5) is 0 Å². The van der Waals surface area contributed by atoms with Gasteiger partial charge in [0.05, 0.1) is 4.90 Å². The summed E-state index contributed by atoms with van der Waals surface area (Å²) in [5.74, 6) is 0.0657. The third-order valence-electron chi connectivity index (χ3n) is 5.08. The molecule has 3 rings (SSSR count). The molecule has 1 unspecified atom stereocenters. The Morgan fingerprint density at radius 3 is 2.30 bits per heavy atom. The Morgan fingerprint density at radius 2 is 1.63 bits per heavy atom. The Kier molecular flexibility index (Phi) is 5.84. The number of likely N-dealkylation sites (N-methyl/N-ethyl adjacent to an activating group) is 1. The van der Waals surface area contributed by atoms with Gasteiger partial charge in [-0.05, 0) is 61.3 Å². The maximum Gasteiger partial charge on any atom is 0.242 e. The first-order valence-corrected chi connectivity index (χ1v) is 10.7. The second-order valence-electron chi connectivity index (χ2n) is 7.51. The molecule has 0 bridgehead atoms. The molecule has 0 amide bonds. The first kappa shape index (κ1) is 19.8. The number of sulfonamides is 1. The predicted octanol–water partition coefficient (Wildman–Crippen LogP) is 3.29. The third-order valence-corrected chi connectivity index (χ3v) is 6.89. The van der Waals surface area contributed by atoms with Crippen LogP contribution in [0, 0.1) is 0 Å². The van der Waals surface area contributed by atoms with E-state index in [1.165, 1.54) is 21.0 Å². The number of benzene rings is 2. The number of hydrogen-bond acceptors (Lipinski definition) is 3. The zero-order chi connectivity index (χ0) is 19.6. The number of aryl methyl sites for hydroxylation is 2. The van der Waals surface area contributed by atoms with Crippen molar-refractivity contribution in [2.75, 3.05) is 34.7 Å². The molecule has 0 spiro atoms. The van der Waals surface area contributed by atoms with Gasteiger partial charge in [-0.3, -0.25) is 0 Å². The van der Waals surface area contributed by atoms with Crippen LogP contribution in [-0.4, -0.2) is 52.4 Å². The van der Waals surface area contributed by atoms with Crippen LogP contribution in [0.1, 0.15) is 28.2 Å². The minimum absolute atomic E-state index is 0.0657. The highest BCUT2D eigenvalue weighted by atomic mass is 32.2. The molecule has 0 aromatic heterocycles. The molecule has 0 heterocycles. The first-order valence-electron chi connectivity index (χ1n) is 9.25. The van der Waals surface area contributed by atoms with Crippen LogP contribution in [0.15, 0.2) is 59.5 Å². The molecule has 1 aliphatic rings. The summed E-state index contributed by atoms with van der Waals surface area (Å²) in [6, 6.07) is 14.1. The summed E-state index contributed by atoms with van der Waals surface area (Å²) in [5, 5.41) is 0. The molecule has 0 radical (unpaired) electrons. The van der Waals surface area contributed by atoms with Gasteiger partial charge in [-0.15, -0.1) is 0 Å². The van der Waals surface area contributed by atoms with E-state index in [1.807, 2.05) is 26.2 Å². The molecule has 1 atom stereocenters. The normalized spacial score (nSPS) is 17.2. The summed E-state index contributed by atoms with van der Waals surface area (Å²) >= 11 is 0. The Bertz CT molecular complexity index is 947. The van der Waals surface area contributed by atoms with Crippen LogP contribution >= 0.6 is 0 Å². The molecule has 4 nitrogen and oxygen atoms in total. The van der Waals surface area contributed by atoms with Crippen molar-refractivity contribution in [3.63, 3.8) is 0 Å². The molecule has 0 saturated heterocycles.